The monoisotopic (exact) mass is 274 g/mol. The van der Waals surface area contributed by atoms with Gasteiger partial charge in [0.15, 0.2) is 0 Å². The fourth-order valence-corrected chi connectivity index (χ4v) is 1.94. The first-order valence-electron chi connectivity index (χ1n) is 5.42. The number of carbonyl (C=O) groups is 1. The number of carboxylic acids is 1. The molecule has 0 saturated heterocycles. The van der Waals surface area contributed by atoms with Crippen LogP contribution in [0.3, 0.4) is 0 Å². The highest BCUT2D eigenvalue weighted by Crippen LogP contribution is 2.24. The first kappa shape index (κ1) is 14.9. The van der Waals surface area contributed by atoms with Crippen molar-refractivity contribution < 1.29 is 24.5 Å². The molecule has 1 rings (SSSR count). The summed E-state index contributed by atoms with van der Waals surface area (Å²) in [6.07, 6.45) is -2.45. The van der Waals surface area contributed by atoms with Crippen LogP contribution in [-0.4, -0.2) is 33.1 Å². The van der Waals surface area contributed by atoms with Crippen molar-refractivity contribution in [2.75, 3.05) is 5.75 Å². The molecule has 1 aromatic rings. The molecule has 0 aliphatic heterocycles. The van der Waals surface area contributed by atoms with E-state index in [0.717, 1.165) is 12.1 Å². The zero-order chi connectivity index (χ0) is 13.7. The summed E-state index contributed by atoms with van der Waals surface area (Å²) >= 11 is 3.94. The molecule has 0 saturated carbocycles. The van der Waals surface area contributed by atoms with Crippen molar-refractivity contribution in [2.24, 2.45) is 0 Å². The van der Waals surface area contributed by atoms with Crippen molar-refractivity contribution >= 4 is 18.6 Å². The molecule has 100 valence electrons. The van der Waals surface area contributed by atoms with Crippen LogP contribution in [-0.2, 0) is 11.2 Å². The van der Waals surface area contributed by atoms with E-state index in [1.807, 2.05) is 0 Å². The SMILES string of the molecule is O=C(O)Cc1cc(F)ccc1C(O)C(O)CCS. The lowest BCUT2D eigenvalue weighted by atomic mass is 9.95. The maximum absolute atomic E-state index is 13.1. The summed E-state index contributed by atoms with van der Waals surface area (Å²) in [4.78, 5) is 10.7. The molecule has 2 unspecified atom stereocenters. The molecule has 0 heterocycles. The van der Waals surface area contributed by atoms with Gasteiger partial charge in [-0.1, -0.05) is 6.07 Å². The normalized spacial score (nSPS) is 14.2. The number of benzene rings is 1. The lowest BCUT2D eigenvalue weighted by molar-refractivity contribution is -0.136. The van der Waals surface area contributed by atoms with E-state index in [-0.39, 0.29) is 17.5 Å². The third kappa shape index (κ3) is 3.97. The third-order valence-corrected chi connectivity index (χ3v) is 2.81. The second kappa shape index (κ2) is 6.72. The lowest BCUT2D eigenvalue weighted by Crippen LogP contribution is -2.20. The quantitative estimate of drug-likeness (QED) is 0.587. The van der Waals surface area contributed by atoms with Gasteiger partial charge in [0.25, 0.3) is 0 Å². The van der Waals surface area contributed by atoms with Gasteiger partial charge in [0.05, 0.1) is 12.5 Å². The first-order chi connectivity index (χ1) is 8.45. The molecule has 0 aliphatic rings. The number of rotatable bonds is 6. The summed E-state index contributed by atoms with van der Waals surface area (Å²) in [5.74, 6) is -1.32. The molecule has 0 bridgehead atoms. The van der Waals surface area contributed by atoms with Crippen LogP contribution >= 0.6 is 12.6 Å². The summed E-state index contributed by atoms with van der Waals surface area (Å²) in [7, 11) is 0. The smallest absolute Gasteiger partial charge is 0.307 e. The average molecular weight is 274 g/mol. The van der Waals surface area contributed by atoms with E-state index in [4.69, 9.17) is 5.11 Å². The van der Waals surface area contributed by atoms with Gasteiger partial charge in [-0.05, 0) is 35.4 Å². The Morgan fingerprint density at radius 3 is 2.61 bits per heavy atom. The Labute approximate surface area is 109 Å². The second-order valence-electron chi connectivity index (χ2n) is 3.94. The zero-order valence-electron chi connectivity index (χ0n) is 9.58. The van der Waals surface area contributed by atoms with Gasteiger partial charge in [0, 0.05) is 0 Å². The molecule has 0 spiro atoms. The molecular formula is C12H15FO4S. The van der Waals surface area contributed by atoms with Crippen LogP contribution in [0.2, 0.25) is 0 Å². The first-order valence-corrected chi connectivity index (χ1v) is 6.06. The van der Waals surface area contributed by atoms with Crippen LogP contribution in [0.1, 0.15) is 23.7 Å². The van der Waals surface area contributed by atoms with E-state index in [2.05, 4.69) is 12.6 Å². The van der Waals surface area contributed by atoms with E-state index in [1.54, 1.807) is 0 Å². The number of aliphatic hydroxyl groups is 2. The van der Waals surface area contributed by atoms with E-state index < -0.39 is 30.4 Å². The van der Waals surface area contributed by atoms with Crippen molar-refractivity contribution in [1.29, 1.82) is 0 Å². The van der Waals surface area contributed by atoms with Gasteiger partial charge in [0.1, 0.15) is 11.9 Å². The van der Waals surface area contributed by atoms with E-state index in [1.165, 1.54) is 6.07 Å². The number of thiol groups is 1. The predicted octanol–water partition coefficient (Wildman–Crippen LogP) is 1.17. The van der Waals surface area contributed by atoms with Crippen LogP contribution in [0.15, 0.2) is 18.2 Å². The molecule has 0 radical (unpaired) electrons. The van der Waals surface area contributed by atoms with Crippen LogP contribution in [0.25, 0.3) is 0 Å². The Bertz CT molecular complexity index is 425. The Balaban J connectivity index is 3.02. The van der Waals surface area contributed by atoms with E-state index in [0.29, 0.717) is 5.75 Å². The number of hydrogen-bond acceptors (Lipinski definition) is 4. The fourth-order valence-electron chi connectivity index (χ4n) is 1.68. The number of aliphatic carboxylic acids is 1. The second-order valence-corrected chi connectivity index (χ2v) is 4.39. The topological polar surface area (TPSA) is 77.8 Å². The lowest BCUT2D eigenvalue weighted by Gasteiger charge is -2.20. The van der Waals surface area contributed by atoms with Gasteiger partial charge in [-0.2, -0.15) is 12.6 Å². The summed E-state index contributed by atoms with van der Waals surface area (Å²) in [6, 6.07) is 3.47. The molecule has 1 aromatic carbocycles. The van der Waals surface area contributed by atoms with Gasteiger partial charge < -0.3 is 15.3 Å². The largest absolute Gasteiger partial charge is 0.481 e. The van der Waals surface area contributed by atoms with E-state index in [9.17, 15) is 19.4 Å². The average Bonchev–Trinajstić information content (AvgIpc) is 2.28. The van der Waals surface area contributed by atoms with Gasteiger partial charge in [0.2, 0.25) is 0 Å². The summed E-state index contributed by atoms with van der Waals surface area (Å²) in [6.45, 7) is 0. The standard InChI is InChI=1S/C12H15FO4S/c13-8-1-2-9(7(5-8)6-11(15)16)12(17)10(14)3-4-18/h1-2,5,10,12,14,17-18H,3-4,6H2,(H,15,16). The highest BCUT2D eigenvalue weighted by atomic mass is 32.1. The third-order valence-electron chi connectivity index (χ3n) is 2.55. The van der Waals surface area contributed by atoms with Gasteiger partial charge in [-0.25, -0.2) is 4.39 Å². The molecule has 0 fully saturated rings. The van der Waals surface area contributed by atoms with Crippen molar-refractivity contribution in [3.63, 3.8) is 0 Å². The minimum atomic E-state index is -1.24. The van der Waals surface area contributed by atoms with Crippen molar-refractivity contribution in [3.8, 4) is 0 Å². The van der Waals surface area contributed by atoms with Crippen LogP contribution in [0.5, 0.6) is 0 Å². The van der Waals surface area contributed by atoms with Gasteiger partial charge >= 0.3 is 5.97 Å². The molecule has 0 aliphatic carbocycles. The fraction of sp³-hybridized carbons (Fsp3) is 0.417. The van der Waals surface area contributed by atoms with Crippen molar-refractivity contribution in [3.05, 3.63) is 35.1 Å². The number of carboxylic acid groups (broad SMARTS) is 1. The molecule has 18 heavy (non-hydrogen) atoms. The molecular weight excluding hydrogens is 259 g/mol. The minimum Gasteiger partial charge on any atom is -0.481 e. The van der Waals surface area contributed by atoms with Crippen LogP contribution in [0.4, 0.5) is 4.39 Å². The van der Waals surface area contributed by atoms with Crippen LogP contribution < -0.4 is 0 Å². The molecule has 3 N–H and O–H groups in total. The molecule has 0 aromatic heterocycles. The molecule has 2 atom stereocenters. The highest BCUT2D eigenvalue weighted by Gasteiger charge is 2.21. The molecule has 0 amide bonds. The highest BCUT2D eigenvalue weighted by molar-refractivity contribution is 7.80. The van der Waals surface area contributed by atoms with Gasteiger partial charge in [-0.3, -0.25) is 4.79 Å². The number of hydrogen-bond donors (Lipinski definition) is 4. The number of halogens is 1. The summed E-state index contributed by atoms with van der Waals surface area (Å²) in [5, 5.41) is 28.3. The summed E-state index contributed by atoms with van der Waals surface area (Å²) < 4.78 is 13.1. The molecule has 4 nitrogen and oxygen atoms in total. The van der Waals surface area contributed by atoms with Crippen LogP contribution in [0, 0.1) is 5.82 Å². The Hall–Kier alpha value is -1.11. The van der Waals surface area contributed by atoms with Crippen molar-refractivity contribution in [2.45, 2.75) is 25.0 Å². The predicted molar refractivity (Wildman–Crippen MR) is 67.2 cm³/mol. The Morgan fingerprint density at radius 1 is 1.39 bits per heavy atom. The zero-order valence-corrected chi connectivity index (χ0v) is 10.5. The Morgan fingerprint density at radius 2 is 2.06 bits per heavy atom. The minimum absolute atomic E-state index is 0.160. The maximum atomic E-state index is 13.1. The van der Waals surface area contributed by atoms with E-state index >= 15 is 0 Å². The van der Waals surface area contributed by atoms with Gasteiger partial charge in [-0.15, -0.1) is 0 Å². The van der Waals surface area contributed by atoms with Crippen molar-refractivity contribution in [1.82, 2.24) is 0 Å². The number of aliphatic hydroxyl groups excluding tert-OH is 2. The maximum Gasteiger partial charge on any atom is 0.307 e. The molecule has 6 heteroatoms. The summed E-state index contributed by atoms with van der Waals surface area (Å²) in [5.41, 5.74) is 0.390. The Kier molecular flexibility index (Phi) is 5.58.